The van der Waals surface area contributed by atoms with Crippen LogP contribution in [0.1, 0.15) is 18.1 Å². The van der Waals surface area contributed by atoms with E-state index in [1.807, 2.05) is 38.1 Å². The van der Waals surface area contributed by atoms with Gasteiger partial charge < -0.3 is 4.74 Å². The summed E-state index contributed by atoms with van der Waals surface area (Å²) in [5.74, 6) is 0.427. The molecule has 0 aliphatic heterocycles. The van der Waals surface area contributed by atoms with Gasteiger partial charge in [0.25, 0.3) is 0 Å². The van der Waals surface area contributed by atoms with Gasteiger partial charge in [-0.3, -0.25) is 4.21 Å². The van der Waals surface area contributed by atoms with E-state index in [9.17, 15) is 4.21 Å². The third-order valence-electron chi connectivity index (χ3n) is 2.41. The summed E-state index contributed by atoms with van der Waals surface area (Å²) in [6.45, 7) is 5.95. The molecular weight excluding hydrogens is 234 g/mol. The minimum absolute atomic E-state index is 0.342. The van der Waals surface area contributed by atoms with Gasteiger partial charge in [0.2, 0.25) is 0 Å². The first-order chi connectivity index (χ1) is 8.04. The minimum Gasteiger partial charge on any atom is -0.363 e. The average Bonchev–Trinajstić information content (AvgIpc) is 2.31. The maximum absolute atomic E-state index is 12.0. The molecule has 1 rings (SSSR count). The predicted molar refractivity (Wildman–Crippen MR) is 68.2 cm³/mol. The summed E-state index contributed by atoms with van der Waals surface area (Å²) in [6, 6.07) is 7.90. The largest absolute Gasteiger partial charge is 0.363 e. The normalized spacial score (nSPS) is 14.0. The maximum Gasteiger partial charge on any atom is 0.141 e. The summed E-state index contributed by atoms with van der Waals surface area (Å²) < 4.78 is 17.2. The summed E-state index contributed by atoms with van der Waals surface area (Å²) in [5.41, 5.74) is 2.13. The van der Waals surface area contributed by atoms with Crippen LogP contribution in [0, 0.1) is 25.2 Å². The molecule has 0 fully saturated rings. The van der Waals surface area contributed by atoms with Crippen molar-refractivity contribution in [3.63, 3.8) is 0 Å². The number of rotatable bonds is 5. The molecule has 17 heavy (non-hydrogen) atoms. The molecule has 0 aliphatic rings. The van der Waals surface area contributed by atoms with Gasteiger partial charge in [-0.05, 0) is 38.0 Å². The molecule has 0 bridgehead atoms. The van der Waals surface area contributed by atoms with Crippen LogP contribution in [0.2, 0.25) is 0 Å². The Bertz CT molecular complexity index is 451. The fourth-order valence-corrected chi connectivity index (χ4v) is 2.61. The molecular formula is C13H17NO2S. The van der Waals surface area contributed by atoms with E-state index in [0.29, 0.717) is 12.4 Å². The summed E-state index contributed by atoms with van der Waals surface area (Å²) in [4.78, 5) is 0.859. The molecule has 0 amide bonds. The van der Waals surface area contributed by atoms with Crippen molar-refractivity contribution in [3.8, 4) is 6.07 Å². The van der Waals surface area contributed by atoms with Crippen molar-refractivity contribution in [2.75, 3.05) is 12.4 Å². The number of hydrogen-bond acceptors (Lipinski definition) is 3. The van der Waals surface area contributed by atoms with Crippen molar-refractivity contribution in [1.29, 1.82) is 5.26 Å². The SMILES string of the molecule is Cc1ccc(C)c(S(=O)CCOC(C)C#N)c1. The molecule has 0 aliphatic carbocycles. The highest BCUT2D eigenvalue weighted by molar-refractivity contribution is 7.85. The Labute approximate surface area is 105 Å². The van der Waals surface area contributed by atoms with Crippen LogP contribution in [0.5, 0.6) is 0 Å². The molecule has 0 heterocycles. The number of hydrogen-bond donors (Lipinski definition) is 0. The van der Waals surface area contributed by atoms with E-state index in [-0.39, 0.29) is 0 Å². The van der Waals surface area contributed by atoms with Crippen molar-refractivity contribution in [3.05, 3.63) is 29.3 Å². The Hall–Kier alpha value is -1.18. The van der Waals surface area contributed by atoms with Gasteiger partial charge in [0.1, 0.15) is 6.10 Å². The van der Waals surface area contributed by atoms with Crippen molar-refractivity contribution >= 4 is 10.8 Å². The maximum atomic E-state index is 12.0. The third-order valence-corrected chi connectivity index (χ3v) is 3.88. The van der Waals surface area contributed by atoms with Crippen LogP contribution in [-0.2, 0) is 15.5 Å². The molecule has 3 nitrogen and oxygen atoms in total. The Kier molecular flexibility index (Phi) is 5.33. The van der Waals surface area contributed by atoms with Crippen LogP contribution in [0.15, 0.2) is 23.1 Å². The number of ether oxygens (including phenoxy) is 1. The van der Waals surface area contributed by atoms with Gasteiger partial charge in [-0.25, -0.2) is 0 Å². The van der Waals surface area contributed by atoms with Crippen LogP contribution in [0.3, 0.4) is 0 Å². The highest BCUT2D eigenvalue weighted by atomic mass is 32.2. The number of benzene rings is 1. The van der Waals surface area contributed by atoms with E-state index in [2.05, 4.69) is 0 Å². The summed E-state index contributed by atoms with van der Waals surface area (Å²) >= 11 is 0. The van der Waals surface area contributed by atoms with E-state index in [4.69, 9.17) is 10.00 Å². The molecule has 0 radical (unpaired) electrons. The lowest BCUT2D eigenvalue weighted by atomic mass is 10.2. The second-order valence-electron chi connectivity index (χ2n) is 3.96. The fourth-order valence-electron chi connectivity index (χ4n) is 1.40. The summed E-state index contributed by atoms with van der Waals surface area (Å²) in [5, 5.41) is 8.55. The topological polar surface area (TPSA) is 50.1 Å². The van der Waals surface area contributed by atoms with E-state index in [1.165, 1.54) is 0 Å². The fraction of sp³-hybridized carbons (Fsp3) is 0.462. The molecule has 0 spiro atoms. The standard InChI is InChI=1S/C13H17NO2S/c1-10-4-5-11(2)13(8-10)17(15)7-6-16-12(3)9-14/h4-5,8,12H,6-7H2,1-3H3. The molecule has 2 atom stereocenters. The monoisotopic (exact) mass is 251 g/mol. The zero-order chi connectivity index (χ0) is 12.8. The zero-order valence-corrected chi connectivity index (χ0v) is 11.2. The van der Waals surface area contributed by atoms with Crippen LogP contribution in [0.25, 0.3) is 0 Å². The van der Waals surface area contributed by atoms with Crippen LogP contribution in [0.4, 0.5) is 0 Å². The lowest BCUT2D eigenvalue weighted by Gasteiger charge is -2.08. The minimum atomic E-state index is -1.06. The van der Waals surface area contributed by atoms with Gasteiger partial charge in [-0.2, -0.15) is 5.26 Å². The van der Waals surface area contributed by atoms with Gasteiger partial charge >= 0.3 is 0 Å². The molecule has 0 saturated heterocycles. The molecule has 1 aromatic carbocycles. The van der Waals surface area contributed by atoms with E-state index < -0.39 is 16.9 Å². The van der Waals surface area contributed by atoms with Crippen molar-refractivity contribution in [2.45, 2.75) is 31.8 Å². The molecule has 1 aromatic rings. The molecule has 0 N–H and O–H groups in total. The van der Waals surface area contributed by atoms with Gasteiger partial charge in [0.15, 0.2) is 0 Å². The van der Waals surface area contributed by atoms with Crippen molar-refractivity contribution in [1.82, 2.24) is 0 Å². The van der Waals surface area contributed by atoms with Crippen molar-refractivity contribution < 1.29 is 8.95 Å². The first kappa shape index (κ1) is 13.9. The van der Waals surface area contributed by atoms with Crippen LogP contribution >= 0.6 is 0 Å². The number of aryl methyl sites for hydroxylation is 2. The lowest BCUT2D eigenvalue weighted by Crippen LogP contribution is -2.12. The Balaban J connectivity index is 2.59. The third kappa shape index (κ3) is 4.29. The Morgan fingerprint density at radius 3 is 2.82 bits per heavy atom. The summed E-state index contributed by atoms with van der Waals surface area (Å²) in [6.07, 6.45) is -0.439. The Morgan fingerprint density at radius 2 is 2.18 bits per heavy atom. The highest BCUT2D eigenvalue weighted by Gasteiger charge is 2.08. The van der Waals surface area contributed by atoms with Gasteiger partial charge in [-0.1, -0.05) is 12.1 Å². The smallest absolute Gasteiger partial charge is 0.141 e. The Morgan fingerprint density at radius 1 is 1.47 bits per heavy atom. The van der Waals surface area contributed by atoms with Crippen molar-refractivity contribution in [2.24, 2.45) is 0 Å². The number of nitrogens with zero attached hydrogens (tertiary/aromatic N) is 1. The van der Waals surface area contributed by atoms with Crippen LogP contribution < -0.4 is 0 Å². The zero-order valence-electron chi connectivity index (χ0n) is 10.4. The van der Waals surface area contributed by atoms with E-state index in [1.54, 1.807) is 6.92 Å². The second-order valence-corrected chi connectivity index (χ2v) is 5.50. The van der Waals surface area contributed by atoms with E-state index in [0.717, 1.165) is 16.0 Å². The molecule has 2 unspecified atom stereocenters. The summed E-state index contributed by atoms with van der Waals surface area (Å²) in [7, 11) is -1.06. The molecule has 0 saturated carbocycles. The highest BCUT2D eigenvalue weighted by Crippen LogP contribution is 2.15. The quantitative estimate of drug-likeness (QED) is 0.807. The number of nitriles is 1. The van der Waals surface area contributed by atoms with Gasteiger partial charge in [-0.15, -0.1) is 0 Å². The van der Waals surface area contributed by atoms with Crippen LogP contribution in [-0.4, -0.2) is 22.7 Å². The van der Waals surface area contributed by atoms with Gasteiger partial charge in [0, 0.05) is 4.90 Å². The first-order valence-electron chi connectivity index (χ1n) is 5.51. The second kappa shape index (κ2) is 6.53. The van der Waals surface area contributed by atoms with Gasteiger partial charge in [0.05, 0.1) is 29.2 Å². The molecule has 4 heteroatoms. The lowest BCUT2D eigenvalue weighted by molar-refractivity contribution is 0.116. The van der Waals surface area contributed by atoms with E-state index >= 15 is 0 Å². The predicted octanol–water partition coefficient (Wildman–Crippen LogP) is 2.34. The molecule has 0 aromatic heterocycles. The molecule has 92 valence electrons. The first-order valence-corrected chi connectivity index (χ1v) is 6.83. The average molecular weight is 251 g/mol.